The summed E-state index contributed by atoms with van der Waals surface area (Å²) in [6.45, 7) is 7.30. The van der Waals surface area contributed by atoms with Gasteiger partial charge in [-0.05, 0) is 58.2 Å². The normalized spacial score (nSPS) is 11.6. The smallest absolute Gasteiger partial charge is 0.407 e. The summed E-state index contributed by atoms with van der Waals surface area (Å²) in [4.78, 5) is 33.8. The van der Waals surface area contributed by atoms with Crippen LogP contribution in [0.3, 0.4) is 0 Å². The zero-order valence-electron chi connectivity index (χ0n) is 18.6. The molecule has 8 nitrogen and oxygen atoms in total. The molecule has 31 heavy (non-hydrogen) atoms. The summed E-state index contributed by atoms with van der Waals surface area (Å²) >= 11 is 0. The Labute approximate surface area is 183 Å². The first kappa shape index (κ1) is 25.8. The molecule has 0 radical (unpaired) electrons. The molecular weight excluding hydrogens is 400 g/mol. The number of rotatable bonds is 10. The number of hydrogen-bond donors (Lipinski definition) is 3. The van der Waals surface area contributed by atoms with Crippen molar-refractivity contribution in [2.45, 2.75) is 71.4 Å². The first-order valence-electron chi connectivity index (χ1n) is 10.2. The van der Waals surface area contributed by atoms with Gasteiger partial charge in [0.1, 0.15) is 18.0 Å². The van der Waals surface area contributed by atoms with Crippen molar-refractivity contribution in [1.82, 2.24) is 5.32 Å². The van der Waals surface area contributed by atoms with Crippen molar-refractivity contribution in [1.29, 1.82) is 0 Å². The van der Waals surface area contributed by atoms with Crippen LogP contribution in [0.4, 0.5) is 4.79 Å². The van der Waals surface area contributed by atoms with E-state index in [0.29, 0.717) is 25.0 Å². The van der Waals surface area contributed by atoms with Crippen molar-refractivity contribution in [2.75, 3.05) is 6.61 Å². The quantitative estimate of drug-likeness (QED) is 0.385. The minimum atomic E-state index is -0.835. The first-order chi connectivity index (χ1) is 14.5. The van der Waals surface area contributed by atoms with Crippen LogP contribution in [0.5, 0.6) is 5.75 Å². The number of carbonyl (C=O) groups is 3. The second kappa shape index (κ2) is 12.5. The molecule has 0 heterocycles. The molecular formula is C23H32N2O6. The Balaban J connectivity index is 2.77. The van der Waals surface area contributed by atoms with Gasteiger partial charge in [0, 0.05) is 24.8 Å². The SMILES string of the molecule is Cc1ccc(C#CCCCC(=O)O)cc1OC[C@H](CCC(N)=O)NC(=O)OC(C)(C)C. The van der Waals surface area contributed by atoms with Gasteiger partial charge < -0.3 is 25.6 Å². The summed E-state index contributed by atoms with van der Waals surface area (Å²) in [5.74, 6) is 5.26. The van der Waals surface area contributed by atoms with Crippen molar-refractivity contribution in [3.63, 3.8) is 0 Å². The van der Waals surface area contributed by atoms with Crippen molar-refractivity contribution in [3.05, 3.63) is 29.3 Å². The van der Waals surface area contributed by atoms with Crippen molar-refractivity contribution in [3.8, 4) is 17.6 Å². The molecule has 1 aromatic rings. The molecule has 0 aliphatic heterocycles. The highest BCUT2D eigenvalue weighted by Crippen LogP contribution is 2.20. The third-order valence-electron chi connectivity index (χ3n) is 4.01. The molecule has 0 unspecified atom stereocenters. The molecule has 0 aromatic heterocycles. The van der Waals surface area contributed by atoms with Gasteiger partial charge in [0.05, 0.1) is 6.04 Å². The number of carboxylic acid groups (broad SMARTS) is 1. The fraction of sp³-hybridized carbons (Fsp3) is 0.522. The highest BCUT2D eigenvalue weighted by atomic mass is 16.6. The monoisotopic (exact) mass is 432 g/mol. The van der Waals surface area contributed by atoms with Crippen LogP contribution < -0.4 is 15.8 Å². The van der Waals surface area contributed by atoms with Crippen LogP contribution in [-0.2, 0) is 14.3 Å². The van der Waals surface area contributed by atoms with Gasteiger partial charge in [-0.2, -0.15) is 0 Å². The highest BCUT2D eigenvalue weighted by molar-refractivity contribution is 5.74. The molecule has 170 valence electrons. The largest absolute Gasteiger partial charge is 0.491 e. The molecule has 0 fully saturated rings. The van der Waals surface area contributed by atoms with E-state index < -0.39 is 29.6 Å². The number of ether oxygens (including phenoxy) is 2. The summed E-state index contributed by atoms with van der Waals surface area (Å²) in [5, 5.41) is 11.4. The lowest BCUT2D eigenvalue weighted by Crippen LogP contribution is -2.42. The van der Waals surface area contributed by atoms with Crippen LogP contribution in [0.25, 0.3) is 0 Å². The maximum Gasteiger partial charge on any atom is 0.407 e. The Kier molecular flexibility index (Phi) is 10.4. The summed E-state index contributed by atoms with van der Waals surface area (Å²) in [7, 11) is 0. The van der Waals surface area contributed by atoms with E-state index in [4.69, 9.17) is 20.3 Å². The lowest BCUT2D eigenvalue weighted by Gasteiger charge is -2.24. The molecule has 0 aliphatic carbocycles. The number of aryl methyl sites for hydroxylation is 1. The number of aliphatic carboxylic acids is 1. The zero-order chi connectivity index (χ0) is 23.4. The lowest BCUT2D eigenvalue weighted by atomic mass is 10.1. The molecule has 0 aliphatic rings. The van der Waals surface area contributed by atoms with Gasteiger partial charge in [-0.3, -0.25) is 9.59 Å². The van der Waals surface area contributed by atoms with Gasteiger partial charge in [0.15, 0.2) is 0 Å². The third-order valence-corrected chi connectivity index (χ3v) is 4.01. The Bertz CT molecular complexity index is 833. The van der Waals surface area contributed by atoms with Crippen LogP contribution in [0.1, 0.15) is 64.0 Å². The number of nitrogens with two attached hydrogens (primary N) is 1. The van der Waals surface area contributed by atoms with Crippen molar-refractivity contribution < 1.29 is 29.0 Å². The van der Waals surface area contributed by atoms with E-state index in [1.54, 1.807) is 26.8 Å². The van der Waals surface area contributed by atoms with E-state index in [9.17, 15) is 14.4 Å². The van der Waals surface area contributed by atoms with E-state index in [1.807, 2.05) is 19.1 Å². The van der Waals surface area contributed by atoms with Crippen LogP contribution in [0, 0.1) is 18.8 Å². The van der Waals surface area contributed by atoms with E-state index in [-0.39, 0.29) is 19.4 Å². The first-order valence-corrected chi connectivity index (χ1v) is 10.2. The number of nitrogens with one attached hydrogen (secondary N) is 1. The topological polar surface area (TPSA) is 128 Å². The molecule has 1 aromatic carbocycles. The molecule has 1 rings (SSSR count). The predicted octanol–water partition coefficient (Wildman–Crippen LogP) is 3.14. The number of hydrogen-bond acceptors (Lipinski definition) is 5. The molecule has 1 atom stereocenters. The third kappa shape index (κ3) is 12.2. The fourth-order valence-electron chi connectivity index (χ4n) is 2.50. The number of benzene rings is 1. The van der Waals surface area contributed by atoms with Gasteiger partial charge in [-0.25, -0.2) is 4.79 Å². The molecule has 8 heteroatoms. The summed E-state index contributed by atoms with van der Waals surface area (Å²) in [6, 6.07) is 5.05. The maximum atomic E-state index is 12.1. The zero-order valence-corrected chi connectivity index (χ0v) is 18.6. The van der Waals surface area contributed by atoms with Crippen LogP contribution in [-0.4, -0.2) is 41.3 Å². The maximum absolute atomic E-state index is 12.1. The lowest BCUT2D eigenvalue weighted by molar-refractivity contribution is -0.137. The van der Waals surface area contributed by atoms with Crippen molar-refractivity contribution in [2.24, 2.45) is 5.73 Å². The van der Waals surface area contributed by atoms with E-state index in [1.165, 1.54) is 0 Å². The Morgan fingerprint density at radius 3 is 2.55 bits per heavy atom. The van der Waals surface area contributed by atoms with Crippen LogP contribution in [0.15, 0.2) is 18.2 Å². The molecule has 4 N–H and O–H groups in total. The predicted molar refractivity (Wildman–Crippen MR) is 117 cm³/mol. The minimum absolute atomic E-state index is 0.0915. The van der Waals surface area contributed by atoms with E-state index >= 15 is 0 Å². The standard InChI is InChI=1S/C23H32N2O6/c1-16-10-11-17(8-6-5-7-9-21(27)28)14-19(16)30-15-18(12-13-20(24)26)25-22(29)31-23(2,3)4/h10-11,14,18H,5,7,9,12-13,15H2,1-4H3,(H2,24,26)(H,25,29)(H,27,28)/t18-/m0/s1. The second-order valence-electron chi connectivity index (χ2n) is 8.19. The van der Waals surface area contributed by atoms with Gasteiger partial charge in [0.2, 0.25) is 5.91 Å². The highest BCUT2D eigenvalue weighted by Gasteiger charge is 2.20. The van der Waals surface area contributed by atoms with Gasteiger partial charge in [0.25, 0.3) is 0 Å². The molecule has 0 bridgehead atoms. The van der Waals surface area contributed by atoms with Crippen molar-refractivity contribution >= 4 is 18.0 Å². The van der Waals surface area contributed by atoms with Gasteiger partial charge in [-0.15, -0.1) is 0 Å². The molecule has 2 amide bonds. The molecule has 0 saturated heterocycles. The summed E-state index contributed by atoms with van der Waals surface area (Å²) < 4.78 is 11.2. The van der Waals surface area contributed by atoms with Crippen LogP contribution in [0.2, 0.25) is 0 Å². The number of carboxylic acids is 1. The Hall–Kier alpha value is -3.21. The summed E-state index contributed by atoms with van der Waals surface area (Å²) in [6.07, 6.45) is 0.902. The van der Waals surface area contributed by atoms with Gasteiger partial charge >= 0.3 is 12.1 Å². The Morgan fingerprint density at radius 2 is 1.94 bits per heavy atom. The number of unbranched alkanes of at least 4 members (excludes halogenated alkanes) is 1. The van der Waals surface area contributed by atoms with Gasteiger partial charge in [-0.1, -0.05) is 17.9 Å². The number of carbonyl (C=O) groups excluding carboxylic acids is 2. The average Bonchev–Trinajstić information content (AvgIpc) is 2.63. The number of alkyl carbamates (subject to hydrolysis) is 1. The van der Waals surface area contributed by atoms with E-state index in [2.05, 4.69) is 17.2 Å². The fourth-order valence-corrected chi connectivity index (χ4v) is 2.50. The summed E-state index contributed by atoms with van der Waals surface area (Å²) in [5.41, 5.74) is 6.22. The Morgan fingerprint density at radius 1 is 1.23 bits per heavy atom. The minimum Gasteiger partial charge on any atom is -0.491 e. The second-order valence-corrected chi connectivity index (χ2v) is 8.19. The molecule has 0 spiro atoms. The van der Waals surface area contributed by atoms with E-state index in [0.717, 1.165) is 11.1 Å². The average molecular weight is 433 g/mol. The molecule has 0 saturated carbocycles. The number of primary amides is 1. The number of amides is 2. The van der Waals surface area contributed by atoms with Crippen LogP contribution >= 0.6 is 0 Å².